The Morgan fingerprint density at radius 3 is 3.00 bits per heavy atom. The van der Waals surface area contributed by atoms with Gasteiger partial charge in [-0.05, 0) is 39.4 Å². The number of carbonyl (C=O) groups excluding carboxylic acids is 2. The molecule has 154 valence electrons. The molecule has 28 heavy (non-hydrogen) atoms. The lowest BCUT2D eigenvalue weighted by Crippen LogP contribution is -2.43. The fraction of sp³-hybridized carbons (Fsp3) is 0.750. The van der Waals surface area contributed by atoms with Crippen molar-refractivity contribution in [1.29, 1.82) is 0 Å². The second kappa shape index (κ2) is 7.83. The monoisotopic (exact) mass is 389 g/mol. The number of aromatic nitrogens is 2. The van der Waals surface area contributed by atoms with Gasteiger partial charge in [-0.2, -0.15) is 5.10 Å². The molecule has 0 radical (unpaired) electrons. The molecule has 2 amide bonds. The zero-order chi connectivity index (χ0) is 19.7. The summed E-state index contributed by atoms with van der Waals surface area (Å²) in [6.45, 7) is 3.27. The van der Waals surface area contributed by atoms with Gasteiger partial charge in [-0.1, -0.05) is 0 Å². The maximum atomic E-state index is 12.7. The van der Waals surface area contributed by atoms with Crippen LogP contribution in [0, 0.1) is 11.8 Å². The number of likely N-dealkylation sites (N-methyl/N-ethyl adjacent to an activating group) is 1. The van der Waals surface area contributed by atoms with Crippen LogP contribution in [0.5, 0.6) is 0 Å². The second-order valence-corrected chi connectivity index (χ2v) is 8.72. The Morgan fingerprint density at radius 1 is 1.39 bits per heavy atom. The summed E-state index contributed by atoms with van der Waals surface area (Å²) < 4.78 is 8.25. The quantitative estimate of drug-likeness (QED) is 0.694. The Labute approximate surface area is 166 Å². The van der Waals surface area contributed by atoms with Gasteiger partial charge in [-0.25, -0.2) is 0 Å². The minimum atomic E-state index is -0.181. The third kappa shape index (κ3) is 3.80. The number of hydrogen-bond donors (Lipinski definition) is 1. The van der Waals surface area contributed by atoms with Gasteiger partial charge in [0, 0.05) is 50.3 Å². The van der Waals surface area contributed by atoms with Crippen LogP contribution in [0.15, 0.2) is 18.5 Å². The van der Waals surface area contributed by atoms with Crippen molar-refractivity contribution in [2.75, 3.05) is 40.3 Å². The Balaban J connectivity index is 1.30. The number of hydrogen-bond acceptors (Lipinski definition) is 5. The lowest BCUT2D eigenvalue weighted by Gasteiger charge is -2.29. The van der Waals surface area contributed by atoms with Crippen molar-refractivity contribution in [2.24, 2.45) is 11.8 Å². The third-order valence-corrected chi connectivity index (χ3v) is 6.47. The van der Waals surface area contributed by atoms with E-state index in [1.165, 1.54) is 0 Å². The Bertz CT molecular complexity index is 707. The van der Waals surface area contributed by atoms with Gasteiger partial charge in [-0.15, -0.1) is 0 Å². The predicted octanol–water partition coefficient (Wildman–Crippen LogP) is 0.347. The summed E-state index contributed by atoms with van der Waals surface area (Å²) in [5.41, 5.74) is -0.181. The van der Waals surface area contributed by atoms with E-state index in [1.807, 2.05) is 40.8 Å². The van der Waals surface area contributed by atoms with Crippen LogP contribution in [0.3, 0.4) is 0 Å². The van der Waals surface area contributed by atoms with Crippen LogP contribution in [0.1, 0.15) is 25.7 Å². The van der Waals surface area contributed by atoms with E-state index >= 15 is 0 Å². The molecule has 1 spiro atoms. The van der Waals surface area contributed by atoms with Crippen LogP contribution in [-0.2, 0) is 20.9 Å². The molecule has 4 heterocycles. The van der Waals surface area contributed by atoms with Crippen LogP contribution in [0.2, 0.25) is 0 Å². The molecule has 1 N–H and O–H groups in total. The molecule has 3 saturated heterocycles. The fourth-order valence-electron chi connectivity index (χ4n) is 5.21. The van der Waals surface area contributed by atoms with Crippen LogP contribution in [0.4, 0.5) is 0 Å². The fourth-order valence-corrected chi connectivity index (χ4v) is 5.21. The van der Waals surface area contributed by atoms with Gasteiger partial charge in [-0.3, -0.25) is 14.3 Å². The van der Waals surface area contributed by atoms with Crippen molar-refractivity contribution in [2.45, 2.75) is 43.9 Å². The molecule has 1 aromatic heterocycles. The van der Waals surface area contributed by atoms with E-state index in [0.29, 0.717) is 37.9 Å². The molecule has 3 fully saturated rings. The number of aryl methyl sites for hydroxylation is 1. The highest BCUT2D eigenvalue weighted by atomic mass is 16.5. The minimum absolute atomic E-state index is 0.0476. The first kappa shape index (κ1) is 19.4. The standard InChI is InChI=1S/C20H31N5O3/c1-23(2)13-18(26)21-11-15-16-12-24(14-20(16)7-6-17(15)28-20)19(27)5-3-9-25-10-4-8-22-25/h4,8,10,15-17H,3,5-7,9,11-14H2,1-2H3,(H,21,26)/t15-,16+,17+,20+/m0/s1. The number of carbonyl (C=O) groups is 2. The highest BCUT2D eigenvalue weighted by Gasteiger charge is 2.63. The number of ether oxygens (including phenoxy) is 1. The summed E-state index contributed by atoms with van der Waals surface area (Å²) in [6, 6.07) is 1.90. The first-order chi connectivity index (χ1) is 13.5. The van der Waals surface area contributed by atoms with Crippen LogP contribution in [0.25, 0.3) is 0 Å². The van der Waals surface area contributed by atoms with Gasteiger partial charge in [0.15, 0.2) is 0 Å². The summed E-state index contributed by atoms with van der Waals surface area (Å²) in [5, 5.41) is 7.25. The molecule has 8 heteroatoms. The Kier molecular flexibility index (Phi) is 5.42. The van der Waals surface area contributed by atoms with Crippen molar-refractivity contribution < 1.29 is 14.3 Å². The number of fused-ring (bicyclic) bond motifs is 1. The van der Waals surface area contributed by atoms with Crippen molar-refractivity contribution in [3.63, 3.8) is 0 Å². The molecular formula is C20H31N5O3. The van der Waals surface area contributed by atoms with E-state index in [9.17, 15) is 9.59 Å². The van der Waals surface area contributed by atoms with E-state index in [0.717, 1.165) is 32.4 Å². The van der Waals surface area contributed by atoms with Crippen molar-refractivity contribution >= 4 is 11.8 Å². The number of amides is 2. The van der Waals surface area contributed by atoms with Gasteiger partial charge < -0.3 is 19.9 Å². The molecule has 3 aliphatic rings. The predicted molar refractivity (Wildman–Crippen MR) is 103 cm³/mol. The van der Waals surface area contributed by atoms with Gasteiger partial charge in [0.05, 0.1) is 24.8 Å². The first-order valence-corrected chi connectivity index (χ1v) is 10.3. The normalized spacial score (nSPS) is 30.8. The molecule has 2 bridgehead atoms. The number of likely N-dealkylation sites (tertiary alicyclic amines) is 1. The number of rotatable bonds is 8. The molecule has 0 saturated carbocycles. The summed E-state index contributed by atoms with van der Waals surface area (Å²) in [6.07, 6.45) is 7.30. The zero-order valence-electron chi connectivity index (χ0n) is 16.8. The highest BCUT2D eigenvalue weighted by molar-refractivity contribution is 5.78. The lowest BCUT2D eigenvalue weighted by atomic mass is 9.73. The maximum Gasteiger partial charge on any atom is 0.234 e. The molecule has 0 aromatic carbocycles. The van der Waals surface area contributed by atoms with E-state index in [4.69, 9.17) is 4.74 Å². The van der Waals surface area contributed by atoms with Crippen LogP contribution >= 0.6 is 0 Å². The van der Waals surface area contributed by atoms with E-state index in [1.54, 1.807) is 6.20 Å². The number of nitrogens with zero attached hydrogens (tertiary/aromatic N) is 4. The summed E-state index contributed by atoms with van der Waals surface area (Å²) in [5.74, 6) is 0.896. The first-order valence-electron chi connectivity index (χ1n) is 10.3. The third-order valence-electron chi connectivity index (χ3n) is 6.47. The molecule has 1 aromatic rings. The van der Waals surface area contributed by atoms with Crippen LogP contribution in [-0.4, -0.2) is 83.4 Å². The Hall–Kier alpha value is -1.93. The van der Waals surface area contributed by atoms with Crippen LogP contribution < -0.4 is 5.32 Å². The maximum absolute atomic E-state index is 12.7. The molecule has 4 rings (SSSR count). The Morgan fingerprint density at radius 2 is 2.25 bits per heavy atom. The highest BCUT2D eigenvalue weighted by Crippen LogP contribution is 2.54. The molecule has 4 atom stereocenters. The molecular weight excluding hydrogens is 358 g/mol. The van der Waals surface area contributed by atoms with E-state index in [2.05, 4.69) is 10.4 Å². The van der Waals surface area contributed by atoms with Crippen molar-refractivity contribution in [3.8, 4) is 0 Å². The second-order valence-electron chi connectivity index (χ2n) is 8.72. The number of nitrogens with one attached hydrogen (secondary N) is 1. The largest absolute Gasteiger partial charge is 0.369 e. The molecule has 0 aliphatic carbocycles. The lowest BCUT2D eigenvalue weighted by molar-refractivity contribution is -0.132. The van der Waals surface area contributed by atoms with Gasteiger partial charge >= 0.3 is 0 Å². The van der Waals surface area contributed by atoms with E-state index in [-0.39, 0.29) is 23.5 Å². The molecule has 8 nitrogen and oxygen atoms in total. The summed E-state index contributed by atoms with van der Waals surface area (Å²) in [7, 11) is 3.78. The minimum Gasteiger partial charge on any atom is -0.369 e. The topological polar surface area (TPSA) is 79.7 Å². The van der Waals surface area contributed by atoms with E-state index < -0.39 is 0 Å². The van der Waals surface area contributed by atoms with Crippen molar-refractivity contribution in [3.05, 3.63) is 18.5 Å². The smallest absolute Gasteiger partial charge is 0.234 e. The zero-order valence-corrected chi connectivity index (χ0v) is 16.8. The summed E-state index contributed by atoms with van der Waals surface area (Å²) in [4.78, 5) is 28.6. The van der Waals surface area contributed by atoms with Gasteiger partial charge in [0.1, 0.15) is 0 Å². The SMILES string of the molecule is CN(C)CC(=O)NC[C@H]1[C@H]2CN(C(=O)CCCn3cccn3)C[C@]23CC[C@H]1O3. The average molecular weight is 390 g/mol. The molecule has 3 aliphatic heterocycles. The van der Waals surface area contributed by atoms with Crippen molar-refractivity contribution in [1.82, 2.24) is 24.9 Å². The average Bonchev–Trinajstić information content (AvgIpc) is 3.40. The molecule has 0 unspecified atom stereocenters. The summed E-state index contributed by atoms with van der Waals surface area (Å²) >= 11 is 0. The van der Waals surface area contributed by atoms with Gasteiger partial charge in [0.25, 0.3) is 0 Å². The van der Waals surface area contributed by atoms with Gasteiger partial charge in [0.2, 0.25) is 11.8 Å².